The molecule has 0 radical (unpaired) electrons. The third-order valence-electron chi connectivity index (χ3n) is 4.95. The van der Waals surface area contributed by atoms with Gasteiger partial charge in [0.15, 0.2) is 0 Å². The number of hydrogen-bond acceptors (Lipinski definition) is 6. The van der Waals surface area contributed by atoms with E-state index in [-0.39, 0.29) is 30.5 Å². The lowest BCUT2D eigenvalue weighted by Crippen LogP contribution is -2.55. The van der Waals surface area contributed by atoms with Crippen LogP contribution in [0.25, 0.3) is 0 Å². The quantitative estimate of drug-likeness (QED) is 0.280. The summed E-state index contributed by atoms with van der Waals surface area (Å²) < 4.78 is 0. The van der Waals surface area contributed by atoms with Crippen molar-refractivity contribution >= 4 is 17.8 Å². The second-order valence-corrected chi connectivity index (χ2v) is 7.26. The van der Waals surface area contributed by atoms with Crippen molar-refractivity contribution in [2.24, 2.45) is 5.73 Å². The van der Waals surface area contributed by atoms with E-state index in [0.717, 1.165) is 18.5 Å². The average Bonchev–Trinajstić information content (AvgIpc) is 3.23. The maximum atomic E-state index is 12.8. The average molecular weight is 406 g/mol. The van der Waals surface area contributed by atoms with Gasteiger partial charge in [-0.1, -0.05) is 12.1 Å². The lowest BCUT2D eigenvalue weighted by molar-refractivity contribution is -0.142. The van der Waals surface area contributed by atoms with E-state index >= 15 is 0 Å². The summed E-state index contributed by atoms with van der Waals surface area (Å²) in [7, 11) is 0. The molecule has 160 valence electrons. The number of phenols is 1. The van der Waals surface area contributed by atoms with Gasteiger partial charge < -0.3 is 31.9 Å². The van der Waals surface area contributed by atoms with E-state index in [1.54, 1.807) is 12.1 Å². The second-order valence-electron chi connectivity index (χ2n) is 7.26. The smallest absolute Gasteiger partial charge is 0.326 e. The van der Waals surface area contributed by atoms with Crippen LogP contribution in [0.5, 0.6) is 5.75 Å². The molecule has 2 rings (SSSR count). The molecule has 0 saturated carbocycles. The molecule has 29 heavy (non-hydrogen) atoms. The number of amides is 2. The Morgan fingerprint density at radius 3 is 2.45 bits per heavy atom. The molecule has 0 aromatic heterocycles. The Kier molecular flexibility index (Phi) is 8.88. The van der Waals surface area contributed by atoms with E-state index in [1.165, 1.54) is 12.1 Å². The van der Waals surface area contributed by atoms with Gasteiger partial charge in [0.25, 0.3) is 0 Å². The molecule has 1 fully saturated rings. The van der Waals surface area contributed by atoms with Crippen LogP contribution in [-0.4, -0.2) is 59.2 Å². The van der Waals surface area contributed by atoms with Crippen LogP contribution in [0.15, 0.2) is 24.3 Å². The number of unbranched alkanes of at least 4 members (excludes halogenated alkanes) is 1. The molecular weight excluding hydrogens is 376 g/mol. The van der Waals surface area contributed by atoms with Crippen molar-refractivity contribution in [3.63, 3.8) is 0 Å². The summed E-state index contributed by atoms with van der Waals surface area (Å²) in [5.41, 5.74) is 6.18. The topological polar surface area (TPSA) is 154 Å². The summed E-state index contributed by atoms with van der Waals surface area (Å²) in [6, 6.07) is 3.99. The Hall–Kier alpha value is -2.65. The van der Waals surface area contributed by atoms with Gasteiger partial charge in [-0.3, -0.25) is 9.59 Å². The largest absolute Gasteiger partial charge is 0.508 e. The van der Waals surface area contributed by atoms with Gasteiger partial charge in [-0.25, -0.2) is 4.79 Å². The van der Waals surface area contributed by atoms with E-state index in [1.807, 2.05) is 0 Å². The van der Waals surface area contributed by atoms with Crippen LogP contribution in [0.2, 0.25) is 0 Å². The van der Waals surface area contributed by atoms with Crippen molar-refractivity contribution in [2.75, 3.05) is 13.1 Å². The number of aliphatic carboxylic acids is 1. The highest BCUT2D eigenvalue weighted by atomic mass is 16.4. The van der Waals surface area contributed by atoms with Crippen LogP contribution in [0, 0.1) is 0 Å². The third kappa shape index (κ3) is 7.35. The molecule has 1 aliphatic heterocycles. The van der Waals surface area contributed by atoms with Gasteiger partial charge in [0, 0.05) is 6.42 Å². The number of phenolic OH excluding ortho intramolecular Hbond substituents is 1. The second kappa shape index (κ2) is 11.4. The number of aromatic hydroxyl groups is 1. The highest BCUT2D eigenvalue weighted by Crippen LogP contribution is 2.13. The lowest BCUT2D eigenvalue weighted by atomic mass is 10.0. The number of carboxylic acids is 1. The monoisotopic (exact) mass is 406 g/mol. The van der Waals surface area contributed by atoms with Crippen LogP contribution in [0.4, 0.5) is 0 Å². The molecule has 1 heterocycles. The number of hydrogen-bond donors (Lipinski definition) is 6. The fourth-order valence-corrected chi connectivity index (χ4v) is 3.28. The van der Waals surface area contributed by atoms with Crippen LogP contribution in [-0.2, 0) is 20.8 Å². The Bertz CT molecular complexity index is 689. The minimum atomic E-state index is -1.12. The first-order valence-electron chi connectivity index (χ1n) is 9.95. The summed E-state index contributed by atoms with van der Waals surface area (Å²) in [5, 5.41) is 27.2. The molecule has 3 unspecified atom stereocenters. The zero-order valence-corrected chi connectivity index (χ0v) is 16.4. The normalized spacial score (nSPS) is 18.0. The summed E-state index contributed by atoms with van der Waals surface area (Å²) in [5.74, 6) is -1.86. The van der Waals surface area contributed by atoms with E-state index in [4.69, 9.17) is 5.73 Å². The molecule has 7 N–H and O–H groups in total. The minimum Gasteiger partial charge on any atom is -0.508 e. The van der Waals surface area contributed by atoms with Gasteiger partial charge in [0.05, 0.1) is 6.04 Å². The summed E-state index contributed by atoms with van der Waals surface area (Å²) >= 11 is 0. The number of benzene rings is 1. The highest BCUT2D eigenvalue weighted by Gasteiger charge is 2.29. The molecule has 1 aromatic rings. The van der Waals surface area contributed by atoms with Crippen LogP contribution < -0.4 is 21.7 Å². The molecule has 9 heteroatoms. The van der Waals surface area contributed by atoms with Crippen LogP contribution >= 0.6 is 0 Å². The highest BCUT2D eigenvalue weighted by molar-refractivity contribution is 5.92. The molecule has 1 aromatic carbocycles. The van der Waals surface area contributed by atoms with Crippen molar-refractivity contribution in [3.8, 4) is 5.75 Å². The van der Waals surface area contributed by atoms with Gasteiger partial charge in [-0.2, -0.15) is 0 Å². The minimum absolute atomic E-state index is 0.0970. The first-order chi connectivity index (χ1) is 13.9. The first kappa shape index (κ1) is 22.6. The van der Waals surface area contributed by atoms with E-state index in [9.17, 15) is 24.6 Å². The molecule has 2 amide bonds. The molecule has 1 aliphatic rings. The maximum absolute atomic E-state index is 12.8. The molecular formula is C20H30N4O5. The van der Waals surface area contributed by atoms with E-state index in [0.29, 0.717) is 25.8 Å². The fraction of sp³-hybridized carbons (Fsp3) is 0.550. The van der Waals surface area contributed by atoms with E-state index in [2.05, 4.69) is 16.0 Å². The summed E-state index contributed by atoms with van der Waals surface area (Å²) in [6.07, 6.45) is 3.27. The summed E-state index contributed by atoms with van der Waals surface area (Å²) in [6.45, 7) is 1.20. The molecule has 9 nitrogen and oxygen atoms in total. The van der Waals surface area contributed by atoms with Gasteiger partial charge in [-0.05, 0) is 62.9 Å². The van der Waals surface area contributed by atoms with Crippen molar-refractivity contribution in [2.45, 2.75) is 56.7 Å². The maximum Gasteiger partial charge on any atom is 0.326 e. The zero-order chi connectivity index (χ0) is 21.2. The third-order valence-corrected chi connectivity index (χ3v) is 4.95. The molecule has 0 aliphatic carbocycles. The Labute approximate surface area is 170 Å². The van der Waals surface area contributed by atoms with Gasteiger partial charge in [0.2, 0.25) is 11.8 Å². The molecule has 0 bridgehead atoms. The Balaban J connectivity index is 2.08. The first-order valence-corrected chi connectivity index (χ1v) is 9.95. The fourth-order valence-electron chi connectivity index (χ4n) is 3.28. The lowest BCUT2D eigenvalue weighted by Gasteiger charge is -2.23. The zero-order valence-electron chi connectivity index (χ0n) is 16.4. The molecule has 1 saturated heterocycles. The number of rotatable bonds is 11. The van der Waals surface area contributed by atoms with Crippen molar-refractivity contribution in [1.82, 2.24) is 16.0 Å². The van der Waals surface area contributed by atoms with Gasteiger partial charge in [-0.15, -0.1) is 0 Å². The number of nitrogens with one attached hydrogen (secondary N) is 3. The van der Waals surface area contributed by atoms with Crippen molar-refractivity contribution in [3.05, 3.63) is 29.8 Å². The van der Waals surface area contributed by atoms with Gasteiger partial charge >= 0.3 is 5.97 Å². The van der Waals surface area contributed by atoms with Crippen molar-refractivity contribution < 1.29 is 24.6 Å². The van der Waals surface area contributed by atoms with Crippen LogP contribution in [0.3, 0.4) is 0 Å². The summed E-state index contributed by atoms with van der Waals surface area (Å²) in [4.78, 5) is 36.8. The Morgan fingerprint density at radius 1 is 1.14 bits per heavy atom. The van der Waals surface area contributed by atoms with E-state index < -0.39 is 24.0 Å². The SMILES string of the molecule is NCCCCC(NC(=O)C(Cc1ccc(O)cc1)NC(=O)C1CCCN1)C(=O)O. The molecule has 0 spiro atoms. The van der Waals surface area contributed by atoms with Crippen LogP contribution in [0.1, 0.15) is 37.7 Å². The number of carbonyl (C=O) groups excluding carboxylic acids is 2. The molecule has 3 atom stereocenters. The van der Waals surface area contributed by atoms with Crippen molar-refractivity contribution in [1.29, 1.82) is 0 Å². The van der Waals surface area contributed by atoms with Gasteiger partial charge in [0.1, 0.15) is 17.8 Å². The Morgan fingerprint density at radius 2 is 1.86 bits per heavy atom. The number of carbonyl (C=O) groups is 3. The standard InChI is InChI=1S/C20H30N4O5/c21-10-2-1-4-16(20(28)29)23-19(27)17(12-13-6-8-14(25)9-7-13)24-18(26)15-5-3-11-22-15/h6-9,15-17,22,25H,1-5,10-12,21H2,(H,23,27)(H,24,26)(H,28,29). The predicted molar refractivity (Wildman–Crippen MR) is 107 cm³/mol. The number of carboxylic acid groups (broad SMARTS) is 1. The number of nitrogens with two attached hydrogens (primary N) is 1. The predicted octanol–water partition coefficient (Wildman–Crippen LogP) is -0.130.